The molecule has 2 amide bonds. The van der Waals surface area contributed by atoms with Gasteiger partial charge in [-0.1, -0.05) is 66.0 Å². The molecule has 0 heterocycles. The molecule has 0 aromatic heterocycles. The summed E-state index contributed by atoms with van der Waals surface area (Å²) in [4.78, 5) is 27.6. The molecule has 1 aromatic carbocycles. The lowest BCUT2D eigenvalue weighted by Crippen LogP contribution is -2.44. The van der Waals surface area contributed by atoms with Crippen molar-refractivity contribution in [3.05, 3.63) is 29.8 Å². The van der Waals surface area contributed by atoms with Gasteiger partial charge in [-0.3, -0.25) is 9.59 Å². The van der Waals surface area contributed by atoms with Crippen LogP contribution in [0.15, 0.2) is 24.3 Å². The van der Waals surface area contributed by atoms with Crippen molar-refractivity contribution in [1.29, 1.82) is 0 Å². The van der Waals surface area contributed by atoms with Crippen LogP contribution in [0.5, 0.6) is 0 Å². The molecule has 0 unspecified atom stereocenters. The van der Waals surface area contributed by atoms with Crippen molar-refractivity contribution >= 4 is 17.5 Å². The molecule has 5 heteroatoms. The Balaban J connectivity index is 2.14. The number of carbonyl (C=O) groups excluding carboxylic acids is 2. The molecule has 0 saturated heterocycles. The topological polar surface area (TPSA) is 75.4 Å². The predicted molar refractivity (Wildman–Crippen MR) is 124 cm³/mol. The number of carbonyl (C=O) groups is 2. The van der Waals surface area contributed by atoms with Gasteiger partial charge in [-0.2, -0.15) is 0 Å². The standard InChI is InChI=1S/C25H41N3O2/c1-24(2,3)15-22(29)27-21-13-9-10-19(14-21)16-28(18-25(4,5)17-26)23(30)20-11-7-6-8-12-20/h9-10,13-14,20H,6-8,11-12,15-18,26H2,1-5H3,(H,27,29). The lowest BCUT2D eigenvalue weighted by Gasteiger charge is -2.35. The average Bonchev–Trinajstić information content (AvgIpc) is 2.66. The number of amides is 2. The van der Waals surface area contributed by atoms with E-state index in [0.717, 1.165) is 36.9 Å². The monoisotopic (exact) mass is 415 g/mol. The molecule has 0 aliphatic heterocycles. The fourth-order valence-corrected chi connectivity index (χ4v) is 4.06. The average molecular weight is 416 g/mol. The highest BCUT2D eigenvalue weighted by molar-refractivity contribution is 5.91. The number of anilines is 1. The molecule has 5 nitrogen and oxygen atoms in total. The quantitative estimate of drug-likeness (QED) is 0.630. The van der Waals surface area contributed by atoms with Gasteiger partial charge in [0, 0.05) is 31.1 Å². The van der Waals surface area contributed by atoms with Gasteiger partial charge in [0.15, 0.2) is 0 Å². The molecule has 0 bridgehead atoms. The van der Waals surface area contributed by atoms with Crippen molar-refractivity contribution in [2.24, 2.45) is 22.5 Å². The molecule has 30 heavy (non-hydrogen) atoms. The Bertz CT molecular complexity index is 715. The highest BCUT2D eigenvalue weighted by atomic mass is 16.2. The van der Waals surface area contributed by atoms with Gasteiger partial charge in [0.25, 0.3) is 0 Å². The van der Waals surface area contributed by atoms with Crippen LogP contribution in [0.4, 0.5) is 5.69 Å². The van der Waals surface area contributed by atoms with E-state index in [9.17, 15) is 9.59 Å². The van der Waals surface area contributed by atoms with Crippen LogP contribution in [0.1, 0.15) is 78.7 Å². The first-order chi connectivity index (χ1) is 14.0. The normalized spacial score (nSPS) is 15.7. The number of nitrogens with one attached hydrogen (secondary N) is 1. The Hall–Kier alpha value is -1.88. The number of nitrogens with zero attached hydrogens (tertiary/aromatic N) is 1. The van der Waals surface area contributed by atoms with Crippen LogP contribution in [0, 0.1) is 16.7 Å². The number of nitrogens with two attached hydrogens (primary N) is 1. The molecule has 168 valence electrons. The smallest absolute Gasteiger partial charge is 0.225 e. The molecule has 0 radical (unpaired) electrons. The molecule has 1 aliphatic carbocycles. The molecule has 0 atom stereocenters. The minimum absolute atomic E-state index is 0.0130. The zero-order valence-electron chi connectivity index (χ0n) is 19.6. The lowest BCUT2D eigenvalue weighted by atomic mass is 9.86. The number of hydrogen-bond donors (Lipinski definition) is 2. The van der Waals surface area contributed by atoms with Crippen molar-refractivity contribution in [3.8, 4) is 0 Å². The van der Waals surface area contributed by atoms with E-state index in [2.05, 4.69) is 39.9 Å². The minimum Gasteiger partial charge on any atom is -0.338 e. The van der Waals surface area contributed by atoms with Crippen LogP contribution < -0.4 is 11.1 Å². The largest absolute Gasteiger partial charge is 0.338 e. The second-order valence-electron chi connectivity index (χ2n) is 10.9. The van der Waals surface area contributed by atoms with Gasteiger partial charge >= 0.3 is 0 Å². The van der Waals surface area contributed by atoms with Crippen molar-refractivity contribution in [1.82, 2.24) is 4.90 Å². The Labute approximate surface area is 182 Å². The van der Waals surface area contributed by atoms with E-state index < -0.39 is 0 Å². The van der Waals surface area contributed by atoms with Crippen molar-refractivity contribution < 1.29 is 9.59 Å². The summed E-state index contributed by atoms with van der Waals surface area (Å²) in [6.07, 6.45) is 5.95. The third kappa shape index (κ3) is 8.10. The van der Waals surface area contributed by atoms with Gasteiger partial charge in [0.1, 0.15) is 0 Å². The van der Waals surface area contributed by atoms with Crippen molar-refractivity contribution in [3.63, 3.8) is 0 Å². The second kappa shape index (κ2) is 10.4. The van der Waals surface area contributed by atoms with Crippen LogP contribution in [0.2, 0.25) is 0 Å². The van der Waals surface area contributed by atoms with Crippen molar-refractivity contribution in [2.75, 3.05) is 18.4 Å². The van der Waals surface area contributed by atoms with Gasteiger partial charge < -0.3 is 16.0 Å². The Morgan fingerprint density at radius 1 is 1.10 bits per heavy atom. The van der Waals surface area contributed by atoms with E-state index in [1.165, 1.54) is 6.42 Å². The summed E-state index contributed by atoms with van der Waals surface area (Å²) >= 11 is 0. The molecule has 1 saturated carbocycles. The second-order valence-corrected chi connectivity index (χ2v) is 10.9. The molecule has 1 fully saturated rings. The highest BCUT2D eigenvalue weighted by Crippen LogP contribution is 2.28. The Kier molecular flexibility index (Phi) is 8.48. The Morgan fingerprint density at radius 3 is 2.37 bits per heavy atom. The minimum atomic E-state index is -0.136. The van der Waals surface area contributed by atoms with Gasteiger partial charge in [0.05, 0.1) is 0 Å². The van der Waals surface area contributed by atoms with Gasteiger partial charge in [-0.05, 0) is 47.9 Å². The van der Waals surface area contributed by atoms with Crippen LogP contribution in [0.25, 0.3) is 0 Å². The first-order valence-electron chi connectivity index (χ1n) is 11.4. The maximum atomic E-state index is 13.3. The molecule has 1 aromatic rings. The summed E-state index contributed by atoms with van der Waals surface area (Å²) in [5.41, 5.74) is 7.59. The SMILES string of the molecule is CC(C)(C)CC(=O)Nc1cccc(CN(CC(C)(C)CN)C(=O)C2CCCCC2)c1. The van der Waals surface area contributed by atoms with E-state index in [-0.39, 0.29) is 28.6 Å². The van der Waals surface area contributed by atoms with Crippen molar-refractivity contribution in [2.45, 2.75) is 79.7 Å². The van der Waals surface area contributed by atoms with E-state index in [1.54, 1.807) is 0 Å². The fraction of sp³-hybridized carbons (Fsp3) is 0.680. The molecule has 0 spiro atoms. The summed E-state index contributed by atoms with van der Waals surface area (Å²) < 4.78 is 0. The maximum Gasteiger partial charge on any atom is 0.225 e. The molecule has 2 rings (SSSR count). The molecular formula is C25H41N3O2. The summed E-state index contributed by atoms with van der Waals surface area (Å²) in [6, 6.07) is 7.85. The first kappa shape index (κ1) is 24.4. The number of rotatable bonds is 8. The van der Waals surface area contributed by atoms with Gasteiger partial charge in [-0.25, -0.2) is 0 Å². The fourth-order valence-electron chi connectivity index (χ4n) is 4.06. The third-order valence-corrected chi connectivity index (χ3v) is 5.71. The summed E-state index contributed by atoms with van der Waals surface area (Å²) in [5.74, 6) is 0.388. The van der Waals surface area contributed by atoms with Crippen LogP contribution in [0.3, 0.4) is 0 Å². The molecular weight excluding hydrogens is 374 g/mol. The predicted octanol–water partition coefficient (Wildman–Crippen LogP) is 4.96. The lowest BCUT2D eigenvalue weighted by molar-refractivity contribution is -0.138. The maximum absolute atomic E-state index is 13.3. The van der Waals surface area contributed by atoms with E-state index in [4.69, 9.17) is 5.73 Å². The van der Waals surface area contributed by atoms with E-state index in [1.807, 2.05) is 29.2 Å². The first-order valence-corrected chi connectivity index (χ1v) is 11.4. The van der Waals surface area contributed by atoms with Gasteiger partial charge in [0.2, 0.25) is 11.8 Å². The van der Waals surface area contributed by atoms with Crippen LogP contribution in [-0.4, -0.2) is 29.8 Å². The molecule has 1 aliphatic rings. The summed E-state index contributed by atoms with van der Waals surface area (Å²) in [7, 11) is 0. The van der Waals surface area contributed by atoms with Gasteiger partial charge in [-0.15, -0.1) is 0 Å². The van der Waals surface area contributed by atoms with E-state index >= 15 is 0 Å². The Morgan fingerprint density at radius 2 is 1.77 bits per heavy atom. The summed E-state index contributed by atoms with van der Waals surface area (Å²) in [6.45, 7) is 12.1. The summed E-state index contributed by atoms with van der Waals surface area (Å²) in [5, 5.41) is 3.00. The third-order valence-electron chi connectivity index (χ3n) is 5.71. The molecule has 3 N–H and O–H groups in total. The van der Waals surface area contributed by atoms with E-state index in [0.29, 0.717) is 26.1 Å². The van der Waals surface area contributed by atoms with Crippen LogP contribution in [-0.2, 0) is 16.1 Å². The zero-order chi connectivity index (χ0) is 22.4. The zero-order valence-corrected chi connectivity index (χ0v) is 19.6. The highest BCUT2D eigenvalue weighted by Gasteiger charge is 2.30. The number of hydrogen-bond acceptors (Lipinski definition) is 3. The number of benzene rings is 1. The van der Waals surface area contributed by atoms with Crippen LogP contribution >= 0.6 is 0 Å².